The number of fused-ring (bicyclic) bond motifs is 2. The molecule has 10 nitrogen and oxygen atoms in total. The average Bonchev–Trinajstić information content (AvgIpc) is 3.53. The van der Waals surface area contributed by atoms with Gasteiger partial charge in [0, 0.05) is 28.8 Å². The average molecular weight is 501 g/mol. The van der Waals surface area contributed by atoms with Gasteiger partial charge in [-0.05, 0) is 43.2 Å². The number of rotatable bonds is 4. The Balaban J connectivity index is 1.55. The van der Waals surface area contributed by atoms with Crippen molar-refractivity contribution in [2.45, 2.75) is 44.7 Å². The van der Waals surface area contributed by atoms with Crippen molar-refractivity contribution in [3.63, 3.8) is 0 Å². The fraction of sp³-hybridized carbons (Fsp3) is 0.280. The van der Waals surface area contributed by atoms with Crippen LogP contribution in [0.25, 0.3) is 33.8 Å². The van der Waals surface area contributed by atoms with Gasteiger partial charge < -0.3 is 4.57 Å². The maximum atomic E-state index is 13.3. The number of hydrogen-bond acceptors (Lipinski definition) is 8. The predicted octanol–water partition coefficient (Wildman–Crippen LogP) is 3.62. The highest BCUT2D eigenvalue weighted by molar-refractivity contribution is 7.91. The standard InChI is InChI=1S/C25H24N8O2S/c1-4-21-28-22-14(2)13-15(3)26-24(22)33(21)20-11-12-36(34,35)25-18(20)9-10-19(27-25)16-7-5-6-8-17(16)23-29-31-32-30-23/h5-10,13,20H,4,11-12H2,1-3H3,(H,29,30,31,32). The molecule has 1 unspecified atom stereocenters. The summed E-state index contributed by atoms with van der Waals surface area (Å²) in [5, 5.41) is 14.4. The van der Waals surface area contributed by atoms with E-state index in [1.54, 1.807) is 0 Å². The number of hydrogen-bond donors (Lipinski definition) is 1. The zero-order chi connectivity index (χ0) is 25.0. The van der Waals surface area contributed by atoms with Crippen LogP contribution in [0.4, 0.5) is 0 Å². The van der Waals surface area contributed by atoms with Gasteiger partial charge in [-0.1, -0.05) is 37.3 Å². The number of sulfone groups is 1. The van der Waals surface area contributed by atoms with Gasteiger partial charge in [-0.3, -0.25) is 0 Å². The van der Waals surface area contributed by atoms with E-state index in [-0.39, 0.29) is 16.8 Å². The first-order valence-electron chi connectivity index (χ1n) is 11.8. The molecule has 1 aliphatic rings. The van der Waals surface area contributed by atoms with Crippen LogP contribution in [0.3, 0.4) is 0 Å². The van der Waals surface area contributed by atoms with Gasteiger partial charge >= 0.3 is 0 Å². The van der Waals surface area contributed by atoms with Gasteiger partial charge in [0.05, 0.1) is 17.5 Å². The number of aryl methyl sites for hydroxylation is 3. The summed E-state index contributed by atoms with van der Waals surface area (Å²) in [5.41, 5.74) is 6.24. The number of nitrogens with zero attached hydrogens (tertiary/aromatic N) is 7. The molecule has 0 amide bonds. The van der Waals surface area contributed by atoms with Crippen molar-refractivity contribution in [1.29, 1.82) is 0 Å². The van der Waals surface area contributed by atoms with Gasteiger partial charge in [0.1, 0.15) is 11.3 Å². The monoisotopic (exact) mass is 500 g/mol. The van der Waals surface area contributed by atoms with E-state index in [1.807, 2.05) is 56.3 Å². The largest absolute Gasteiger partial charge is 0.305 e. The Kier molecular flexibility index (Phi) is 5.18. The number of nitrogens with one attached hydrogen (secondary N) is 1. The molecule has 6 rings (SSSR count). The maximum Gasteiger partial charge on any atom is 0.205 e. The van der Waals surface area contributed by atoms with Crippen molar-refractivity contribution in [3.05, 3.63) is 65.1 Å². The number of benzene rings is 1. The highest BCUT2D eigenvalue weighted by Crippen LogP contribution is 2.39. The summed E-state index contributed by atoms with van der Waals surface area (Å²) in [5.74, 6) is 1.30. The molecule has 5 heterocycles. The number of tetrazole rings is 1. The molecule has 1 N–H and O–H groups in total. The third-order valence-corrected chi connectivity index (χ3v) is 8.35. The van der Waals surface area contributed by atoms with Gasteiger partial charge in [-0.2, -0.15) is 5.21 Å². The molecule has 0 spiro atoms. The predicted molar refractivity (Wildman–Crippen MR) is 134 cm³/mol. The lowest BCUT2D eigenvalue weighted by Gasteiger charge is -2.28. The smallest absolute Gasteiger partial charge is 0.205 e. The Bertz CT molecular complexity index is 1720. The minimum Gasteiger partial charge on any atom is -0.305 e. The molecular weight excluding hydrogens is 476 g/mol. The zero-order valence-corrected chi connectivity index (χ0v) is 20.9. The second-order valence-electron chi connectivity index (χ2n) is 9.00. The van der Waals surface area contributed by atoms with Crippen molar-refractivity contribution in [2.75, 3.05) is 5.75 Å². The van der Waals surface area contributed by atoms with Gasteiger partial charge in [0.25, 0.3) is 0 Å². The second-order valence-corrected chi connectivity index (χ2v) is 11.0. The molecule has 11 heteroatoms. The summed E-state index contributed by atoms with van der Waals surface area (Å²) in [7, 11) is -3.57. The maximum absolute atomic E-state index is 13.3. The quantitative estimate of drug-likeness (QED) is 0.396. The Hall–Kier alpha value is -3.99. The summed E-state index contributed by atoms with van der Waals surface area (Å²) in [6, 6.07) is 13.0. The number of pyridine rings is 2. The molecule has 0 radical (unpaired) electrons. The summed E-state index contributed by atoms with van der Waals surface area (Å²) < 4.78 is 28.6. The van der Waals surface area contributed by atoms with Crippen LogP contribution in [0, 0.1) is 13.8 Å². The van der Waals surface area contributed by atoms with Gasteiger partial charge in [0.2, 0.25) is 5.82 Å². The molecule has 0 aliphatic carbocycles. The summed E-state index contributed by atoms with van der Waals surface area (Å²) in [4.78, 5) is 14.4. The summed E-state index contributed by atoms with van der Waals surface area (Å²) >= 11 is 0. The SMILES string of the molecule is CCc1nc2c(C)cc(C)nc2n1C1CCS(=O)(=O)c2nc(-c3ccccc3-c3nn[nH]n3)ccc21. The van der Waals surface area contributed by atoms with Crippen LogP contribution in [0.1, 0.15) is 42.0 Å². The molecule has 1 atom stereocenters. The molecule has 5 aromatic rings. The first-order chi connectivity index (χ1) is 17.4. The lowest BCUT2D eigenvalue weighted by atomic mass is 10.0. The number of H-pyrrole nitrogens is 1. The van der Waals surface area contributed by atoms with Crippen LogP contribution in [0.5, 0.6) is 0 Å². The molecule has 1 aliphatic heterocycles. The third-order valence-electron chi connectivity index (χ3n) is 6.66. The van der Waals surface area contributed by atoms with E-state index in [2.05, 4.69) is 32.1 Å². The molecule has 0 fully saturated rings. The fourth-order valence-corrected chi connectivity index (χ4v) is 6.59. The van der Waals surface area contributed by atoms with Crippen molar-refractivity contribution in [1.82, 2.24) is 40.1 Å². The zero-order valence-electron chi connectivity index (χ0n) is 20.1. The van der Waals surface area contributed by atoms with E-state index in [0.29, 0.717) is 35.5 Å². The van der Waals surface area contributed by atoms with E-state index >= 15 is 0 Å². The Morgan fingerprint density at radius 1 is 1.06 bits per heavy atom. The van der Waals surface area contributed by atoms with Crippen LogP contribution in [0.2, 0.25) is 0 Å². The Morgan fingerprint density at radius 2 is 1.86 bits per heavy atom. The van der Waals surface area contributed by atoms with E-state index < -0.39 is 9.84 Å². The van der Waals surface area contributed by atoms with E-state index in [4.69, 9.17) is 15.0 Å². The van der Waals surface area contributed by atoms with Crippen LogP contribution in [-0.4, -0.2) is 54.3 Å². The highest BCUT2D eigenvalue weighted by atomic mass is 32.2. The molecule has 0 saturated heterocycles. The van der Waals surface area contributed by atoms with Crippen LogP contribution in [0.15, 0.2) is 47.5 Å². The van der Waals surface area contributed by atoms with Crippen LogP contribution < -0.4 is 0 Å². The molecule has 36 heavy (non-hydrogen) atoms. The third kappa shape index (κ3) is 3.49. The van der Waals surface area contributed by atoms with Gasteiger partial charge in [0.15, 0.2) is 20.5 Å². The minimum atomic E-state index is -3.57. The number of imidazole rings is 1. The Morgan fingerprint density at radius 3 is 2.61 bits per heavy atom. The molecule has 0 saturated carbocycles. The van der Waals surface area contributed by atoms with Gasteiger partial charge in [-0.15, -0.1) is 10.2 Å². The lowest BCUT2D eigenvalue weighted by Crippen LogP contribution is -2.27. The van der Waals surface area contributed by atoms with E-state index in [0.717, 1.165) is 33.8 Å². The van der Waals surface area contributed by atoms with Crippen molar-refractivity contribution in [2.24, 2.45) is 0 Å². The highest BCUT2D eigenvalue weighted by Gasteiger charge is 2.35. The normalized spacial score (nSPS) is 16.8. The molecule has 1 aromatic carbocycles. The summed E-state index contributed by atoms with van der Waals surface area (Å²) in [6.07, 6.45) is 1.14. The number of aromatic amines is 1. The van der Waals surface area contributed by atoms with Crippen LogP contribution >= 0.6 is 0 Å². The van der Waals surface area contributed by atoms with Gasteiger partial charge in [-0.25, -0.2) is 23.4 Å². The van der Waals surface area contributed by atoms with Crippen LogP contribution in [-0.2, 0) is 16.3 Å². The first-order valence-corrected chi connectivity index (χ1v) is 13.4. The lowest BCUT2D eigenvalue weighted by molar-refractivity contribution is 0.510. The molecule has 0 bridgehead atoms. The number of aromatic nitrogens is 8. The first kappa shape index (κ1) is 22.5. The van der Waals surface area contributed by atoms with E-state index in [1.165, 1.54) is 0 Å². The topological polar surface area (TPSA) is 132 Å². The minimum absolute atomic E-state index is 0.00122. The van der Waals surface area contributed by atoms with Crippen molar-refractivity contribution in [3.8, 4) is 22.6 Å². The Labute approximate surface area is 207 Å². The molecule has 182 valence electrons. The van der Waals surface area contributed by atoms with Crippen molar-refractivity contribution >= 4 is 21.0 Å². The van der Waals surface area contributed by atoms with Crippen molar-refractivity contribution < 1.29 is 8.42 Å². The second kappa shape index (κ2) is 8.30. The molecule has 4 aromatic heterocycles. The fourth-order valence-electron chi connectivity index (χ4n) is 5.07. The van der Waals surface area contributed by atoms with E-state index in [9.17, 15) is 8.42 Å². The summed E-state index contributed by atoms with van der Waals surface area (Å²) in [6.45, 7) is 6.04. The molecular formula is C25H24N8O2S.